The molecule has 0 amide bonds. The maximum atomic E-state index is 11.5. The second-order valence-corrected chi connectivity index (χ2v) is 4.49. The number of rotatable bonds is 0. The molecule has 0 aromatic heterocycles. The highest BCUT2D eigenvalue weighted by molar-refractivity contribution is 5.81. The molecule has 0 unspecified atom stereocenters. The third-order valence-electron chi connectivity index (χ3n) is 3.22. The van der Waals surface area contributed by atoms with Gasteiger partial charge in [0.25, 0.3) is 0 Å². The fourth-order valence-corrected chi connectivity index (χ4v) is 2.34. The molecule has 0 saturated carbocycles. The van der Waals surface area contributed by atoms with E-state index in [4.69, 9.17) is 4.74 Å². The van der Waals surface area contributed by atoms with Gasteiger partial charge in [-0.1, -0.05) is 5.57 Å². The molecule has 2 rings (SSSR count). The first-order valence-electron chi connectivity index (χ1n) is 5.01. The van der Waals surface area contributed by atoms with Crippen LogP contribution in [0.4, 0.5) is 0 Å². The van der Waals surface area contributed by atoms with Crippen LogP contribution in [-0.2, 0) is 9.53 Å². The summed E-state index contributed by atoms with van der Waals surface area (Å²) < 4.78 is 5.17. The van der Waals surface area contributed by atoms with Gasteiger partial charge in [0.05, 0.1) is 5.41 Å². The van der Waals surface area contributed by atoms with Crippen molar-refractivity contribution < 1.29 is 9.53 Å². The maximum Gasteiger partial charge on any atom is 0.315 e. The highest BCUT2D eigenvalue weighted by Crippen LogP contribution is 2.41. The van der Waals surface area contributed by atoms with Crippen LogP contribution in [-0.4, -0.2) is 12.6 Å². The first kappa shape index (κ1) is 8.79. The zero-order chi connectivity index (χ0) is 9.47. The molecule has 0 radical (unpaired) electrons. The SMILES string of the molecule is CC1(C)C(=O)OCC2=C1CCCC2. The van der Waals surface area contributed by atoms with Gasteiger partial charge >= 0.3 is 5.97 Å². The predicted molar refractivity (Wildman–Crippen MR) is 50.2 cm³/mol. The lowest BCUT2D eigenvalue weighted by atomic mass is 9.74. The third-order valence-corrected chi connectivity index (χ3v) is 3.22. The van der Waals surface area contributed by atoms with Gasteiger partial charge in [0.1, 0.15) is 6.61 Å². The molecule has 0 aromatic rings. The lowest BCUT2D eigenvalue weighted by Gasteiger charge is -2.35. The summed E-state index contributed by atoms with van der Waals surface area (Å²) in [5.74, 6) is -0.0480. The van der Waals surface area contributed by atoms with Crippen LogP contribution in [0.5, 0.6) is 0 Å². The Bertz CT molecular complexity index is 274. The van der Waals surface area contributed by atoms with E-state index in [9.17, 15) is 4.79 Å². The van der Waals surface area contributed by atoms with Gasteiger partial charge in [-0.25, -0.2) is 0 Å². The summed E-state index contributed by atoms with van der Waals surface area (Å²) in [6, 6.07) is 0. The lowest BCUT2D eigenvalue weighted by Crippen LogP contribution is -2.36. The Labute approximate surface area is 79.0 Å². The molecule has 13 heavy (non-hydrogen) atoms. The van der Waals surface area contributed by atoms with Crippen LogP contribution in [0.15, 0.2) is 11.1 Å². The van der Waals surface area contributed by atoms with Gasteiger partial charge in [-0.15, -0.1) is 0 Å². The number of carbonyl (C=O) groups excluding carboxylic acids is 1. The Balaban J connectivity index is 2.39. The average Bonchev–Trinajstić information content (AvgIpc) is 2.13. The molecule has 1 aliphatic heterocycles. The van der Waals surface area contributed by atoms with Crippen molar-refractivity contribution >= 4 is 5.97 Å². The molecule has 2 nitrogen and oxygen atoms in total. The second-order valence-electron chi connectivity index (χ2n) is 4.49. The number of carbonyl (C=O) groups is 1. The monoisotopic (exact) mass is 180 g/mol. The molecule has 0 saturated heterocycles. The minimum Gasteiger partial charge on any atom is -0.461 e. The van der Waals surface area contributed by atoms with Crippen LogP contribution < -0.4 is 0 Å². The summed E-state index contributed by atoms with van der Waals surface area (Å²) in [4.78, 5) is 11.5. The van der Waals surface area contributed by atoms with E-state index < -0.39 is 0 Å². The zero-order valence-corrected chi connectivity index (χ0v) is 8.35. The number of esters is 1. The van der Waals surface area contributed by atoms with Crippen molar-refractivity contribution in [1.29, 1.82) is 0 Å². The number of ether oxygens (including phenoxy) is 1. The van der Waals surface area contributed by atoms with Crippen molar-refractivity contribution in [2.75, 3.05) is 6.61 Å². The Morgan fingerprint density at radius 1 is 1.23 bits per heavy atom. The number of hydrogen-bond acceptors (Lipinski definition) is 2. The molecular formula is C11H16O2. The number of hydrogen-bond donors (Lipinski definition) is 0. The summed E-state index contributed by atoms with van der Waals surface area (Å²) in [6.07, 6.45) is 4.71. The number of cyclic esters (lactones) is 1. The molecule has 0 aromatic carbocycles. The van der Waals surface area contributed by atoms with Crippen molar-refractivity contribution in [2.24, 2.45) is 5.41 Å². The topological polar surface area (TPSA) is 26.3 Å². The summed E-state index contributed by atoms with van der Waals surface area (Å²) >= 11 is 0. The van der Waals surface area contributed by atoms with E-state index in [0.29, 0.717) is 6.61 Å². The Morgan fingerprint density at radius 3 is 2.69 bits per heavy atom. The van der Waals surface area contributed by atoms with Crippen molar-refractivity contribution in [1.82, 2.24) is 0 Å². The van der Waals surface area contributed by atoms with E-state index in [1.807, 2.05) is 13.8 Å². The third kappa shape index (κ3) is 1.28. The van der Waals surface area contributed by atoms with E-state index in [1.54, 1.807) is 0 Å². The molecule has 2 heteroatoms. The smallest absolute Gasteiger partial charge is 0.315 e. The van der Waals surface area contributed by atoms with Crippen LogP contribution >= 0.6 is 0 Å². The Morgan fingerprint density at radius 2 is 1.92 bits per heavy atom. The van der Waals surface area contributed by atoms with Crippen LogP contribution in [0.3, 0.4) is 0 Å². The van der Waals surface area contributed by atoms with Crippen molar-refractivity contribution in [3.63, 3.8) is 0 Å². The second kappa shape index (κ2) is 2.86. The fraction of sp³-hybridized carbons (Fsp3) is 0.727. The van der Waals surface area contributed by atoms with Gasteiger partial charge in [-0.05, 0) is 45.1 Å². The fourth-order valence-electron chi connectivity index (χ4n) is 2.34. The highest BCUT2D eigenvalue weighted by Gasteiger charge is 2.39. The van der Waals surface area contributed by atoms with Crippen molar-refractivity contribution in [2.45, 2.75) is 39.5 Å². The van der Waals surface area contributed by atoms with Gasteiger partial charge in [-0.3, -0.25) is 4.79 Å². The standard InChI is InChI=1S/C11H16O2/c1-11(2)9-6-4-3-5-8(9)7-13-10(11)12/h3-7H2,1-2H3. The van der Waals surface area contributed by atoms with E-state index >= 15 is 0 Å². The molecule has 0 spiro atoms. The molecular weight excluding hydrogens is 164 g/mol. The Kier molecular flexibility index (Phi) is 1.94. The zero-order valence-electron chi connectivity index (χ0n) is 8.35. The van der Waals surface area contributed by atoms with Gasteiger partial charge in [0.2, 0.25) is 0 Å². The minimum absolute atomic E-state index is 0.0480. The van der Waals surface area contributed by atoms with Crippen LogP contribution in [0, 0.1) is 5.41 Å². The maximum absolute atomic E-state index is 11.5. The average molecular weight is 180 g/mol. The molecule has 0 N–H and O–H groups in total. The molecule has 0 fully saturated rings. The van der Waals surface area contributed by atoms with E-state index in [-0.39, 0.29) is 11.4 Å². The van der Waals surface area contributed by atoms with Gasteiger partial charge in [0, 0.05) is 0 Å². The summed E-state index contributed by atoms with van der Waals surface area (Å²) in [5, 5.41) is 0. The van der Waals surface area contributed by atoms with Crippen molar-refractivity contribution in [3.05, 3.63) is 11.1 Å². The summed E-state index contributed by atoms with van der Waals surface area (Å²) in [6.45, 7) is 4.52. The van der Waals surface area contributed by atoms with Crippen LogP contribution in [0.2, 0.25) is 0 Å². The Hall–Kier alpha value is -0.790. The normalized spacial score (nSPS) is 26.8. The highest BCUT2D eigenvalue weighted by atomic mass is 16.5. The van der Waals surface area contributed by atoms with Gasteiger partial charge in [-0.2, -0.15) is 0 Å². The molecule has 72 valence electrons. The molecule has 1 heterocycles. The first-order chi connectivity index (χ1) is 6.12. The van der Waals surface area contributed by atoms with E-state index in [2.05, 4.69) is 0 Å². The molecule has 0 atom stereocenters. The van der Waals surface area contributed by atoms with Crippen LogP contribution in [0.1, 0.15) is 39.5 Å². The van der Waals surface area contributed by atoms with E-state index in [0.717, 1.165) is 12.8 Å². The summed E-state index contributed by atoms with van der Waals surface area (Å²) in [7, 11) is 0. The van der Waals surface area contributed by atoms with Crippen LogP contribution in [0.25, 0.3) is 0 Å². The molecule has 1 aliphatic carbocycles. The molecule has 2 aliphatic rings. The molecule has 0 bridgehead atoms. The predicted octanol–water partition coefficient (Wildman–Crippen LogP) is 2.44. The quantitative estimate of drug-likeness (QED) is 0.423. The lowest BCUT2D eigenvalue weighted by molar-refractivity contribution is -0.152. The van der Waals surface area contributed by atoms with E-state index in [1.165, 1.54) is 24.0 Å². The largest absolute Gasteiger partial charge is 0.461 e. The van der Waals surface area contributed by atoms with Gasteiger partial charge < -0.3 is 4.74 Å². The first-order valence-corrected chi connectivity index (χ1v) is 5.01. The van der Waals surface area contributed by atoms with Gasteiger partial charge in [0.15, 0.2) is 0 Å². The summed E-state index contributed by atoms with van der Waals surface area (Å²) in [5.41, 5.74) is 2.39. The minimum atomic E-state index is -0.353. The van der Waals surface area contributed by atoms with Crippen molar-refractivity contribution in [3.8, 4) is 0 Å².